The number of hydrogen-bond donors (Lipinski definition) is 0. The average molecular weight is 504 g/mol. The fourth-order valence-electron chi connectivity index (χ4n) is 5.76. The second-order valence-corrected chi connectivity index (χ2v) is 16.5. The normalized spacial score (nSPS) is 28.7. The molecule has 3 atom stereocenters. The molecule has 0 aromatic carbocycles. The van der Waals surface area contributed by atoms with Gasteiger partial charge in [0.25, 0.3) is 0 Å². The van der Waals surface area contributed by atoms with Crippen LogP contribution in [0.5, 0.6) is 0 Å². The van der Waals surface area contributed by atoms with Crippen molar-refractivity contribution in [1.29, 1.82) is 5.26 Å². The molecule has 35 heavy (non-hydrogen) atoms. The zero-order chi connectivity index (χ0) is 26.8. The molecule has 0 amide bonds. The van der Waals surface area contributed by atoms with Crippen molar-refractivity contribution < 1.29 is 18.7 Å². The molecule has 1 aliphatic carbocycles. The second kappa shape index (κ2) is 14.2. The molecule has 1 aliphatic rings. The van der Waals surface area contributed by atoms with E-state index in [1.54, 1.807) is 7.11 Å². The van der Waals surface area contributed by atoms with Crippen molar-refractivity contribution >= 4 is 14.3 Å². The van der Waals surface area contributed by atoms with Crippen molar-refractivity contribution in [3.8, 4) is 6.07 Å². The van der Waals surface area contributed by atoms with Crippen LogP contribution in [-0.4, -0.2) is 41.2 Å². The van der Waals surface area contributed by atoms with Gasteiger partial charge in [-0.15, -0.1) is 0 Å². The van der Waals surface area contributed by atoms with Crippen molar-refractivity contribution in [1.82, 2.24) is 0 Å². The van der Waals surface area contributed by atoms with Gasteiger partial charge in [0.1, 0.15) is 0 Å². The summed E-state index contributed by atoms with van der Waals surface area (Å²) in [6.07, 6.45) is 10.5. The van der Waals surface area contributed by atoms with E-state index in [9.17, 15) is 10.1 Å². The summed E-state index contributed by atoms with van der Waals surface area (Å²) in [5, 5.41) is 10.1. The molecule has 0 heterocycles. The zero-order valence-electron chi connectivity index (χ0n) is 23.8. The number of methoxy groups -OCH3 is 2. The van der Waals surface area contributed by atoms with Gasteiger partial charge in [0.15, 0.2) is 5.41 Å². The SMILES string of the molecule is COC/C1=C(/C)CC[C@H](O[Si](C(C)C)(C(C)C)C(C)C)[C@@H](C)/C=C/C=C\CC(C#N)(C(=O)OC)C1. The van der Waals surface area contributed by atoms with E-state index in [4.69, 9.17) is 13.9 Å². The predicted octanol–water partition coefficient (Wildman–Crippen LogP) is 7.52. The molecule has 198 valence electrons. The molecule has 0 aromatic rings. The number of rotatable bonds is 8. The average Bonchev–Trinajstić information content (AvgIpc) is 2.81. The Kier molecular flexibility index (Phi) is 12.7. The van der Waals surface area contributed by atoms with Crippen LogP contribution in [0, 0.1) is 22.7 Å². The molecule has 1 rings (SSSR count). The highest BCUT2D eigenvalue weighted by Gasteiger charge is 2.47. The third-order valence-electron chi connectivity index (χ3n) is 7.81. The van der Waals surface area contributed by atoms with Gasteiger partial charge in [0.2, 0.25) is 8.32 Å². The standard InChI is InChI=1S/C29H49NO4Si/c1-21(2)35(22(3)4,23(5)6)34-27-16-15-24(7)26(19-32-9)18-29(20-30,28(31)33-10)17-13-11-12-14-25(27)8/h11-14,21-23,25,27H,15-19H2,1-10H3/b13-11-,14-12+,26-24-/t25-,27-,29?/m0/s1. The molecular formula is C29H49NO4Si. The van der Waals surface area contributed by atoms with Crippen LogP contribution >= 0.6 is 0 Å². The van der Waals surface area contributed by atoms with Crippen molar-refractivity contribution in [2.45, 2.75) is 104 Å². The first-order valence-electron chi connectivity index (χ1n) is 13.1. The summed E-state index contributed by atoms with van der Waals surface area (Å²) in [6.45, 7) is 18.7. The van der Waals surface area contributed by atoms with Crippen LogP contribution in [0.25, 0.3) is 0 Å². The van der Waals surface area contributed by atoms with Crippen molar-refractivity contribution in [2.75, 3.05) is 20.8 Å². The fraction of sp³-hybridized carbons (Fsp3) is 0.724. The maximum absolute atomic E-state index is 12.7. The van der Waals surface area contributed by atoms with Gasteiger partial charge in [0, 0.05) is 13.5 Å². The van der Waals surface area contributed by atoms with Gasteiger partial charge in [-0.05, 0) is 54.3 Å². The van der Waals surface area contributed by atoms with E-state index in [1.807, 2.05) is 18.2 Å². The molecule has 0 radical (unpaired) electrons. The number of ether oxygens (including phenoxy) is 2. The number of nitrogens with zero attached hydrogens (tertiary/aromatic N) is 1. The van der Waals surface area contributed by atoms with Gasteiger partial charge in [0.05, 0.1) is 25.9 Å². The summed E-state index contributed by atoms with van der Waals surface area (Å²) in [5.74, 6) is -0.260. The van der Waals surface area contributed by atoms with Crippen LogP contribution in [0.2, 0.25) is 16.6 Å². The Balaban J connectivity index is 3.52. The highest BCUT2D eigenvalue weighted by Crippen LogP contribution is 2.44. The summed E-state index contributed by atoms with van der Waals surface area (Å²) in [5.41, 5.74) is 2.43. The van der Waals surface area contributed by atoms with E-state index in [1.165, 1.54) is 7.11 Å². The lowest BCUT2D eigenvalue weighted by atomic mass is 9.78. The van der Waals surface area contributed by atoms with Crippen LogP contribution in [0.3, 0.4) is 0 Å². The Morgan fingerprint density at radius 1 is 1.14 bits per heavy atom. The van der Waals surface area contributed by atoms with E-state index in [-0.39, 0.29) is 12.0 Å². The summed E-state index contributed by atoms with van der Waals surface area (Å²) >= 11 is 0. The fourth-order valence-corrected chi connectivity index (χ4v) is 11.4. The largest absolute Gasteiger partial charge is 0.468 e. The smallest absolute Gasteiger partial charge is 0.326 e. The van der Waals surface area contributed by atoms with Crippen LogP contribution < -0.4 is 0 Å². The van der Waals surface area contributed by atoms with Gasteiger partial charge in [-0.1, -0.05) is 78.3 Å². The third kappa shape index (κ3) is 7.65. The van der Waals surface area contributed by atoms with Gasteiger partial charge in [-0.2, -0.15) is 5.26 Å². The lowest BCUT2D eigenvalue weighted by molar-refractivity contribution is -0.149. The van der Waals surface area contributed by atoms with Crippen LogP contribution in [0.1, 0.15) is 81.1 Å². The molecule has 5 nitrogen and oxygen atoms in total. The summed E-state index contributed by atoms with van der Waals surface area (Å²) in [6, 6.07) is 2.27. The Bertz CT molecular complexity index is 799. The van der Waals surface area contributed by atoms with E-state index >= 15 is 0 Å². The van der Waals surface area contributed by atoms with Crippen LogP contribution in [0.15, 0.2) is 35.5 Å². The minimum absolute atomic E-state index is 0.0966. The second-order valence-electron chi connectivity index (χ2n) is 11.1. The molecule has 0 aliphatic heterocycles. The lowest BCUT2D eigenvalue weighted by Crippen LogP contribution is -2.51. The molecule has 0 spiro atoms. The molecule has 0 bridgehead atoms. The number of hydrogen-bond acceptors (Lipinski definition) is 5. The molecule has 0 saturated carbocycles. The molecule has 0 N–H and O–H groups in total. The van der Waals surface area contributed by atoms with Crippen LogP contribution in [-0.2, 0) is 18.7 Å². The minimum Gasteiger partial charge on any atom is -0.468 e. The molecule has 0 saturated heterocycles. The van der Waals surface area contributed by atoms with E-state index in [0.29, 0.717) is 36.1 Å². The van der Waals surface area contributed by atoms with Gasteiger partial charge >= 0.3 is 5.97 Å². The van der Waals surface area contributed by atoms with Crippen molar-refractivity contribution in [2.24, 2.45) is 11.3 Å². The quantitative estimate of drug-likeness (QED) is 0.195. The Morgan fingerprint density at radius 2 is 1.74 bits per heavy atom. The molecular weight excluding hydrogens is 454 g/mol. The Morgan fingerprint density at radius 3 is 2.23 bits per heavy atom. The number of esters is 1. The van der Waals surface area contributed by atoms with Crippen molar-refractivity contribution in [3.63, 3.8) is 0 Å². The maximum Gasteiger partial charge on any atom is 0.326 e. The Hall–Kier alpha value is -1.68. The topological polar surface area (TPSA) is 68.5 Å². The first kappa shape index (κ1) is 31.3. The van der Waals surface area contributed by atoms with Gasteiger partial charge in [-0.25, -0.2) is 0 Å². The zero-order valence-corrected chi connectivity index (χ0v) is 24.8. The van der Waals surface area contributed by atoms with E-state index < -0.39 is 19.7 Å². The molecule has 6 heteroatoms. The third-order valence-corrected chi connectivity index (χ3v) is 13.9. The summed E-state index contributed by atoms with van der Waals surface area (Å²) in [4.78, 5) is 12.7. The van der Waals surface area contributed by atoms with Gasteiger partial charge < -0.3 is 13.9 Å². The number of carbonyl (C=O) groups excluding carboxylic acids is 1. The lowest BCUT2D eigenvalue weighted by Gasteiger charge is -2.45. The molecule has 0 fully saturated rings. The Labute approximate surface area is 215 Å². The first-order chi connectivity index (χ1) is 16.4. The maximum atomic E-state index is 12.7. The minimum atomic E-state index is -2.06. The highest BCUT2D eigenvalue weighted by molar-refractivity contribution is 6.77. The summed E-state index contributed by atoms with van der Waals surface area (Å²) in [7, 11) is 0.939. The van der Waals surface area contributed by atoms with E-state index in [0.717, 1.165) is 24.0 Å². The molecule has 1 unspecified atom stereocenters. The summed E-state index contributed by atoms with van der Waals surface area (Å²) < 4.78 is 17.8. The number of allylic oxidation sites excluding steroid dienone is 4. The van der Waals surface area contributed by atoms with Gasteiger partial charge in [-0.3, -0.25) is 4.79 Å². The van der Waals surface area contributed by atoms with Crippen LogP contribution in [0.4, 0.5) is 0 Å². The van der Waals surface area contributed by atoms with E-state index in [2.05, 4.69) is 67.5 Å². The number of carbonyl (C=O) groups is 1. The highest BCUT2D eigenvalue weighted by atomic mass is 28.4. The van der Waals surface area contributed by atoms with Crippen molar-refractivity contribution in [3.05, 3.63) is 35.5 Å². The number of nitriles is 1. The molecule has 0 aromatic heterocycles. The predicted molar refractivity (Wildman–Crippen MR) is 146 cm³/mol. The monoisotopic (exact) mass is 503 g/mol. The first-order valence-corrected chi connectivity index (χ1v) is 15.2.